The van der Waals surface area contributed by atoms with E-state index in [4.69, 9.17) is 9.97 Å². The van der Waals surface area contributed by atoms with E-state index in [1.54, 1.807) is 0 Å². The molecule has 0 unspecified atom stereocenters. The Kier molecular flexibility index (Phi) is 9.47. The van der Waals surface area contributed by atoms with Crippen molar-refractivity contribution in [3.63, 3.8) is 0 Å². The summed E-state index contributed by atoms with van der Waals surface area (Å²) in [6, 6.07) is 91.2. The van der Waals surface area contributed by atoms with Crippen LogP contribution in [0.2, 0.25) is 0 Å². The van der Waals surface area contributed by atoms with Crippen LogP contribution in [0.3, 0.4) is 0 Å². The molecule has 13 aromatic rings. The van der Waals surface area contributed by atoms with Crippen molar-refractivity contribution in [2.45, 2.75) is 0 Å². The lowest BCUT2D eigenvalue weighted by molar-refractivity contribution is 1.16. The summed E-state index contributed by atoms with van der Waals surface area (Å²) in [5.41, 5.74) is 18.3. The maximum absolute atomic E-state index is 5.36. The Hall–Kier alpha value is -9.12. The lowest BCUT2D eigenvalue weighted by atomic mass is 9.92. The Balaban J connectivity index is 1.15. The molecule has 0 saturated carbocycles. The van der Waals surface area contributed by atoms with Crippen LogP contribution >= 0.6 is 0 Å². The highest BCUT2D eigenvalue weighted by atomic mass is 15.0. The Bertz CT molecular complexity index is 3820. The Morgan fingerprint density at radius 2 is 0.691 bits per heavy atom. The third kappa shape index (κ3) is 6.61. The minimum atomic E-state index is 0.663. The van der Waals surface area contributed by atoms with Gasteiger partial charge in [0.15, 0.2) is 5.82 Å². The maximum Gasteiger partial charge on any atom is 0.160 e. The van der Waals surface area contributed by atoms with E-state index in [0.717, 1.165) is 72.7 Å². The van der Waals surface area contributed by atoms with Crippen LogP contribution in [0.15, 0.2) is 255 Å². The first-order chi connectivity index (χ1) is 33.7. The van der Waals surface area contributed by atoms with Crippen molar-refractivity contribution < 1.29 is 0 Å². The van der Waals surface area contributed by atoms with Crippen LogP contribution in [-0.2, 0) is 0 Å². The molecule has 0 aliphatic heterocycles. The molecular weight excluding hydrogens is 825 g/mol. The van der Waals surface area contributed by atoms with Crippen molar-refractivity contribution in [1.82, 2.24) is 19.1 Å². The summed E-state index contributed by atoms with van der Waals surface area (Å²) in [5, 5.41) is 4.85. The maximum atomic E-state index is 5.36. The van der Waals surface area contributed by atoms with E-state index in [0.29, 0.717) is 5.82 Å². The third-order valence-corrected chi connectivity index (χ3v) is 13.3. The first-order valence-electron chi connectivity index (χ1n) is 23.2. The number of benzene rings is 10. The summed E-state index contributed by atoms with van der Waals surface area (Å²) in [7, 11) is 0. The Morgan fingerprint density at radius 3 is 1.21 bits per heavy atom. The second-order valence-corrected chi connectivity index (χ2v) is 17.3. The lowest BCUT2D eigenvalue weighted by Crippen LogP contribution is -2.03. The standard InChI is InChI=1S/C64H42N4/c1-6-21-43(22-7-1)50-33-20-36-61-62(50)55-41-49(67-58-34-18-16-31-51(58)52-32-17-19-35-59(52)67)37-38-60(55)68(61)63-53(44-23-8-2-9-24-44)39-48(40-54(63)45-25-10-3-11-26-45)64-65-56(46-27-12-4-13-28-46)42-57(66-64)47-29-14-5-15-30-47/h1-42H. The fraction of sp³-hybridized carbons (Fsp3) is 0. The highest BCUT2D eigenvalue weighted by Crippen LogP contribution is 2.46. The molecule has 4 nitrogen and oxygen atoms in total. The minimum absolute atomic E-state index is 0.663. The normalized spacial score (nSPS) is 11.5. The summed E-state index contributed by atoms with van der Waals surface area (Å²) in [4.78, 5) is 10.7. The van der Waals surface area contributed by atoms with Gasteiger partial charge in [-0.3, -0.25) is 0 Å². The monoisotopic (exact) mass is 866 g/mol. The van der Waals surface area contributed by atoms with Gasteiger partial charge in [0, 0.05) is 55.0 Å². The smallest absolute Gasteiger partial charge is 0.160 e. The summed E-state index contributed by atoms with van der Waals surface area (Å²) in [6.07, 6.45) is 0. The number of hydrogen-bond donors (Lipinski definition) is 0. The van der Waals surface area contributed by atoms with E-state index in [1.165, 1.54) is 43.7 Å². The van der Waals surface area contributed by atoms with Gasteiger partial charge in [-0.05, 0) is 76.9 Å². The first-order valence-corrected chi connectivity index (χ1v) is 23.2. The molecule has 4 heteroatoms. The minimum Gasteiger partial charge on any atom is -0.309 e. The number of hydrogen-bond acceptors (Lipinski definition) is 2. The molecule has 318 valence electrons. The fourth-order valence-corrected chi connectivity index (χ4v) is 10.3. The van der Waals surface area contributed by atoms with Crippen molar-refractivity contribution >= 4 is 43.6 Å². The van der Waals surface area contributed by atoms with E-state index >= 15 is 0 Å². The van der Waals surface area contributed by atoms with E-state index in [1.807, 2.05) is 12.1 Å². The molecular formula is C64H42N4. The van der Waals surface area contributed by atoms with Gasteiger partial charge < -0.3 is 9.13 Å². The number of nitrogens with zero attached hydrogens (tertiary/aromatic N) is 4. The average Bonchev–Trinajstić information content (AvgIpc) is 3.94. The van der Waals surface area contributed by atoms with Crippen LogP contribution in [0.5, 0.6) is 0 Å². The van der Waals surface area contributed by atoms with E-state index in [-0.39, 0.29) is 0 Å². The summed E-state index contributed by atoms with van der Waals surface area (Å²) in [6.45, 7) is 0. The average molecular weight is 867 g/mol. The number of para-hydroxylation sites is 2. The molecule has 0 atom stereocenters. The molecule has 0 N–H and O–H groups in total. The topological polar surface area (TPSA) is 35.6 Å². The molecule has 0 bridgehead atoms. The van der Waals surface area contributed by atoms with Crippen LogP contribution in [0, 0.1) is 0 Å². The molecule has 0 saturated heterocycles. The molecule has 10 aromatic carbocycles. The third-order valence-electron chi connectivity index (χ3n) is 13.3. The SMILES string of the molecule is c1ccc(-c2cc(-c3ccccc3)nc(-c3cc(-c4ccccc4)c(-n4c5ccc(-n6c7ccccc7c7ccccc76)cc5c5c(-c6ccccc6)cccc54)c(-c4ccccc4)c3)n2)cc1. The second kappa shape index (κ2) is 16.4. The van der Waals surface area contributed by atoms with Crippen LogP contribution < -0.4 is 0 Å². The largest absolute Gasteiger partial charge is 0.309 e. The van der Waals surface area contributed by atoms with Crippen LogP contribution in [-0.4, -0.2) is 19.1 Å². The fourth-order valence-electron chi connectivity index (χ4n) is 10.3. The van der Waals surface area contributed by atoms with Gasteiger partial charge >= 0.3 is 0 Å². The van der Waals surface area contributed by atoms with Crippen LogP contribution in [0.4, 0.5) is 0 Å². The van der Waals surface area contributed by atoms with Crippen molar-refractivity contribution in [2.75, 3.05) is 0 Å². The van der Waals surface area contributed by atoms with Gasteiger partial charge in [-0.1, -0.05) is 200 Å². The summed E-state index contributed by atoms with van der Waals surface area (Å²) < 4.78 is 4.93. The number of rotatable bonds is 8. The Morgan fingerprint density at radius 1 is 0.265 bits per heavy atom. The predicted molar refractivity (Wildman–Crippen MR) is 283 cm³/mol. The van der Waals surface area contributed by atoms with Gasteiger partial charge in [-0.15, -0.1) is 0 Å². The molecule has 3 heterocycles. The number of aromatic nitrogens is 4. The molecule has 3 aromatic heterocycles. The zero-order chi connectivity index (χ0) is 45.0. The number of fused-ring (bicyclic) bond motifs is 6. The lowest BCUT2D eigenvalue weighted by Gasteiger charge is -2.21. The summed E-state index contributed by atoms with van der Waals surface area (Å²) in [5.74, 6) is 0.663. The highest BCUT2D eigenvalue weighted by molar-refractivity contribution is 6.18. The summed E-state index contributed by atoms with van der Waals surface area (Å²) >= 11 is 0. The molecule has 68 heavy (non-hydrogen) atoms. The van der Waals surface area contributed by atoms with E-state index < -0.39 is 0 Å². The van der Waals surface area contributed by atoms with Gasteiger partial charge in [-0.2, -0.15) is 0 Å². The molecule has 13 rings (SSSR count). The molecule has 0 aliphatic carbocycles. The van der Waals surface area contributed by atoms with Crippen molar-refractivity contribution in [3.8, 4) is 78.7 Å². The second-order valence-electron chi connectivity index (χ2n) is 17.3. The van der Waals surface area contributed by atoms with Gasteiger partial charge in [0.2, 0.25) is 0 Å². The van der Waals surface area contributed by atoms with Gasteiger partial charge in [0.25, 0.3) is 0 Å². The Labute approximate surface area is 394 Å². The molecule has 0 spiro atoms. The van der Waals surface area contributed by atoms with Crippen LogP contribution in [0.25, 0.3) is 122 Å². The van der Waals surface area contributed by atoms with Crippen LogP contribution in [0.1, 0.15) is 0 Å². The van der Waals surface area contributed by atoms with E-state index in [2.05, 4.69) is 252 Å². The highest BCUT2D eigenvalue weighted by Gasteiger charge is 2.25. The van der Waals surface area contributed by atoms with E-state index in [9.17, 15) is 0 Å². The van der Waals surface area contributed by atoms with Gasteiger partial charge in [0.05, 0.1) is 39.1 Å². The predicted octanol–water partition coefficient (Wildman–Crippen LogP) is 16.7. The molecule has 0 amide bonds. The van der Waals surface area contributed by atoms with Gasteiger partial charge in [-0.25, -0.2) is 9.97 Å². The zero-order valence-electron chi connectivity index (χ0n) is 37.0. The molecule has 0 fully saturated rings. The van der Waals surface area contributed by atoms with Crippen molar-refractivity contribution in [1.29, 1.82) is 0 Å². The molecule has 0 aliphatic rings. The quantitative estimate of drug-likeness (QED) is 0.153. The van der Waals surface area contributed by atoms with Crippen molar-refractivity contribution in [3.05, 3.63) is 255 Å². The zero-order valence-corrected chi connectivity index (χ0v) is 37.0. The first kappa shape index (κ1) is 39.3. The van der Waals surface area contributed by atoms with Crippen molar-refractivity contribution in [2.24, 2.45) is 0 Å². The van der Waals surface area contributed by atoms with Gasteiger partial charge in [0.1, 0.15) is 0 Å². The molecule has 0 radical (unpaired) electrons.